The Kier molecular flexibility index (Phi) is 5.93. The van der Waals surface area contributed by atoms with Crippen LogP contribution in [0.3, 0.4) is 0 Å². The number of hydrogen-bond donors (Lipinski definition) is 3. The van der Waals surface area contributed by atoms with E-state index >= 15 is 0 Å². The van der Waals surface area contributed by atoms with Gasteiger partial charge in [0.15, 0.2) is 0 Å². The number of nitrogens with one attached hydrogen (secondary N) is 2. The van der Waals surface area contributed by atoms with Crippen LogP contribution < -0.4 is 10.0 Å². The van der Waals surface area contributed by atoms with E-state index < -0.39 is 22.1 Å². The third kappa shape index (κ3) is 5.63. The van der Waals surface area contributed by atoms with Gasteiger partial charge >= 0.3 is 5.97 Å². The summed E-state index contributed by atoms with van der Waals surface area (Å²) in [6.45, 7) is -0.533. The molecule has 0 aliphatic rings. The zero-order chi connectivity index (χ0) is 12.8. The highest BCUT2D eigenvalue weighted by Gasteiger charge is 2.18. The van der Waals surface area contributed by atoms with Crippen LogP contribution >= 0.6 is 0 Å². The fourth-order valence-corrected chi connectivity index (χ4v) is 1.59. The second kappa shape index (κ2) is 6.40. The largest absolute Gasteiger partial charge is 0.481 e. The fourth-order valence-electron chi connectivity index (χ4n) is 0.729. The van der Waals surface area contributed by atoms with E-state index in [1.54, 1.807) is 0 Å². The number of carboxylic acid groups (broad SMARTS) is 1. The van der Waals surface area contributed by atoms with E-state index in [0.717, 1.165) is 4.31 Å². The number of carboxylic acids is 1. The topological polar surface area (TPSA) is 116 Å². The quantitative estimate of drug-likeness (QED) is 0.484. The van der Waals surface area contributed by atoms with Crippen LogP contribution in [0.5, 0.6) is 0 Å². The molecule has 0 aromatic carbocycles. The molecule has 0 aliphatic carbocycles. The second-order valence-electron chi connectivity index (χ2n) is 2.96. The summed E-state index contributed by atoms with van der Waals surface area (Å²) in [4.78, 5) is 21.0. The predicted molar refractivity (Wildman–Crippen MR) is 55.9 cm³/mol. The molecule has 0 fully saturated rings. The summed E-state index contributed by atoms with van der Waals surface area (Å²) in [5, 5.41) is 10.6. The molecule has 94 valence electrons. The van der Waals surface area contributed by atoms with Crippen LogP contribution in [0.1, 0.15) is 6.42 Å². The van der Waals surface area contributed by atoms with Gasteiger partial charge in [-0.2, -0.15) is 17.4 Å². The maximum Gasteiger partial charge on any atom is 0.304 e. The molecule has 0 bridgehead atoms. The first-order chi connectivity index (χ1) is 7.29. The maximum absolute atomic E-state index is 11.4. The molecular weight excluding hydrogens is 238 g/mol. The Labute approximate surface area is 93.8 Å². The lowest BCUT2D eigenvalue weighted by Crippen LogP contribution is -2.43. The van der Waals surface area contributed by atoms with E-state index in [1.807, 2.05) is 4.72 Å². The van der Waals surface area contributed by atoms with Gasteiger partial charge in [-0.15, -0.1) is 0 Å². The molecule has 0 saturated heterocycles. The average molecular weight is 253 g/mol. The first-order valence-electron chi connectivity index (χ1n) is 4.43. The summed E-state index contributed by atoms with van der Waals surface area (Å²) in [6, 6.07) is 0. The van der Waals surface area contributed by atoms with Gasteiger partial charge in [-0.05, 0) is 0 Å². The monoisotopic (exact) mass is 253 g/mol. The molecule has 0 heterocycles. The number of aliphatic carboxylic acids is 1. The van der Waals surface area contributed by atoms with Gasteiger partial charge in [-0.1, -0.05) is 0 Å². The van der Waals surface area contributed by atoms with Gasteiger partial charge in [-0.25, -0.2) is 0 Å². The SMILES string of the molecule is CNC(=O)CNS(=O)(=O)N(C)CCC(=O)O. The standard InChI is InChI=1S/C7H15N3O5S/c1-8-6(11)5-9-16(14,15)10(2)4-3-7(12)13/h9H,3-5H2,1-2H3,(H,8,11)(H,12,13). The molecule has 8 nitrogen and oxygen atoms in total. The highest BCUT2D eigenvalue weighted by molar-refractivity contribution is 7.87. The van der Waals surface area contributed by atoms with Gasteiger partial charge in [0.05, 0.1) is 13.0 Å². The Morgan fingerprint density at radius 3 is 2.38 bits per heavy atom. The third-order valence-corrected chi connectivity index (χ3v) is 3.26. The van der Waals surface area contributed by atoms with Gasteiger partial charge in [-0.3, -0.25) is 9.59 Å². The molecule has 3 N–H and O–H groups in total. The maximum atomic E-state index is 11.4. The van der Waals surface area contributed by atoms with Crippen molar-refractivity contribution in [3.63, 3.8) is 0 Å². The molecule has 16 heavy (non-hydrogen) atoms. The van der Waals surface area contributed by atoms with Gasteiger partial charge in [0.2, 0.25) is 5.91 Å². The number of amides is 1. The smallest absolute Gasteiger partial charge is 0.304 e. The van der Waals surface area contributed by atoms with Crippen LogP contribution in [0.15, 0.2) is 0 Å². The number of hydrogen-bond acceptors (Lipinski definition) is 4. The Morgan fingerprint density at radius 1 is 1.38 bits per heavy atom. The number of nitrogens with zero attached hydrogens (tertiary/aromatic N) is 1. The summed E-state index contributed by atoms with van der Waals surface area (Å²) in [5.41, 5.74) is 0. The van der Waals surface area contributed by atoms with Gasteiger partial charge in [0, 0.05) is 20.6 Å². The van der Waals surface area contributed by atoms with Crippen molar-refractivity contribution in [2.75, 3.05) is 27.2 Å². The van der Waals surface area contributed by atoms with Crippen molar-refractivity contribution in [3.8, 4) is 0 Å². The lowest BCUT2D eigenvalue weighted by atomic mass is 10.4. The minimum absolute atomic E-state index is 0.154. The average Bonchev–Trinajstić information content (AvgIpc) is 2.22. The van der Waals surface area contributed by atoms with Gasteiger partial charge in [0.1, 0.15) is 0 Å². The van der Waals surface area contributed by atoms with Crippen molar-refractivity contribution < 1.29 is 23.1 Å². The van der Waals surface area contributed by atoms with Crippen LogP contribution in [0.2, 0.25) is 0 Å². The lowest BCUT2D eigenvalue weighted by Gasteiger charge is -2.16. The molecule has 0 atom stereocenters. The molecule has 1 amide bonds. The van der Waals surface area contributed by atoms with Crippen molar-refractivity contribution >= 4 is 22.1 Å². The van der Waals surface area contributed by atoms with Crippen LogP contribution in [-0.4, -0.2) is 56.9 Å². The third-order valence-electron chi connectivity index (χ3n) is 1.74. The highest BCUT2D eigenvalue weighted by atomic mass is 32.2. The number of likely N-dealkylation sites (N-methyl/N-ethyl adjacent to an activating group) is 1. The Bertz CT molecular complexity index is 353. The Balaban J connectivity index is 4.21. The predicted octanol–water partition coefficient (Wildman–Crippen LogP) is -2.03. The van der Waals surface area contributed by atoms with E-state index in [4.69, 9.17) is 5.11 Å². The van der Waals surface area contributed by atoms with Crippen LogP contribution in [0.25, 0.3) is 0 Å². The van der Waals surface area contributed by atoms with Crippen molar-refractivity contribution in [3.05, 3.63) is 0 Å². The van der Waals surface area contributed by atoms with E-state index in [9.17, 15) is 18.0 Å². The van der Waals surface area contributed by atoms with Gasteiger partial charge < -0.3 is 10.4 Å². The zero-order valence-corrected chi connectivity index (χ0v) is 9.87. The first-order valence-corrected chi connectivity index (χ1v) is 5.87. The molecule has 0 spiro atoms. The Morgan fingerprint density at radius 2 is 1.94 bits per heavy atom. The van der Waals surface area contributed by atoms with E-state index in [-0.39, 0.29) is 19.5 Å². The normalized spacial score (nSPS) is 11.4. The van der Waals surface area contributed by atoms with Crippen molar-refractivity contribution in [1.29, 1.82) is 0 Å². The molecular formula is C7H15N3O5S. The summed E-state index contributed by atoms with van der Waals surface area (Å²) in [6.07, 6.45) is -0.294. The molecule has 0 radical (unpaired) electrons. The molecule has 0 aromatic rings. The summed E-state index contributed by atoms with van der Waals surface area (Å²) >= 11 is 0. The van der Waals surface area contributed by atoms with Crippen molar-refractivity contribution in [1.82, 2.24) is 14.3 Å². The Hall–Kier alpha value is -1.19. The fraction of sp³-hybridized carbons (Fsp3) is 0.714. The van der Waals surface area contributed by atoms with E-state index in [2.05, 4.69) is 5.32 Å². The molecule has 0 unspecified atom stereocenters. The van der Waals surface area contributed by atoms with Crippen LogP contribution in [0, 0.1) is 0 Å². The minimum atomic E-state index is -3.80. The minimum Gasteiger partial charge on any atom is -0.481 e. The molecule has 0 aromatic heterocycles. The first kappa shape index (κ1) is 14.8. The van der Waals surface area contributed by atoms with E-state index in [1.165, 1.54) is 14.1 Å². The van der Waals surface area contributed by atoms with Crippen molar-refractivity contribution in [2.45, 2.75) is 6.42 Å². The van der Waals surface area contributed by atoms with Crippen LogP contribution in [0.4, 0.5) is 0 Å². The lowest BCUT2D eigenvalue weighted by molar-refractivity contribution is -0.137. The molecule has 0 aliphatic heterocycles. The summed E-state index contributed by atoms with van der Waals surface area (Å²) < 4.78 is 25.7. The van der Waals surface area contributed by atoms with Crippen molar-refractivity contribution in [2.24, 2.45) is 0 Å². The zero-order valence-electron chi connectivity index (χ0n) is 9.06. The van der Waals surface area contributed by atoms with E-state index in [0.29, 0.717) is 0 Å². The summed E-state index contributed by atoms with van der Waals surface area (Å²) in [7, 11) is -1.19. The highest BCUT2D eigenvalue weighted by Crippen LogP contribution is 1.95. The second-order valence-corrected chi connectivity index (χ2v) is 4.83. The molecule has 0 rings (SSSR count). The number of carbonyl (C=O) groups excluding carboxylic acids is 1. The van der Waals surface area contributed by atoms with Gasteiger partial charge in [0.25, 0.3) is 10.2 Å². The molecule has 0 saturated carbocycles. The number of carbonyl (C=O) groups is 2. The van der Waals surface area contributed by atoms with Crippen LogP contribution in [-0.2, 0) is 19.8 Å². The number of rotatable bonds is 7. The molecule has 9 heteroatoms. The summed E-state index contributed by atoms with van der Waals surface area (Å²) in [5.74, 6) is -1.57.